The molecule has 0 saturated carbocycles. The predicted molar refractivity (Wildman–Crippen MR) is 148 cm³/mol. The van der Waals surface area contributed by atoms with Crippen molar-refractivity contribution < 1.29 is 32.2 Å². The number of carboxylic acids is 1. The highest BCUT2D eigenvalue weighted by molar-refractivity contribution is 7.15. The Bertz CT molecular complexity index is 1470. The number of aliphatic carboxylic acids is 1. The van der Waals surface area contributed by atoms with Crippen molar-refractivity contribution in [3.63, 3.8) is 0 Å². The number of hydrogen-bond donors (Lipinski definition) is 1. The molecule has 0 fully saturated rings. The molecule has 0 amide bonds. The molecule has 4 aromatic rings. The van der Waals surface area contributed by atoms with Gasteiger partial charge in [-0.1, -0.05) is 35.9 Å². The van der Waals surface area contributed by atoms with Crippen LogP contribution in [-0.2, 0) is 36.7 Å². The number of carbonyl (C=O) groups is 1. The van der Waals surface area contributed by atoms with Crippen LogP contribution in [0.1, 0.15) is 39.2 Å². The largest absolute Gasteiger partial charge is 0.493 e. The van der Waals surface area contributed by atoms with E-state index < -0.39 is 23.5 Å². The van der Waals surface area contributed by atoms with Crippen LogP contribution in [0.2, 0.25) is 5.02 Å². The molecule has 0 aliphatic heterocycles. The van der Waals surface area contributed by atoms with Crippen LogP contribution in [0.4, 0.5) is 17.6 Å². The fraction of sp³-hybridized carbons (Fsp3) is 0.267. The van der Waals surface area contributed by atoms with E-state index in [-0.39, 0.29) is 6.42 Å². The van der Waals surface area contributed by atoms with Crippen LogP contribution >= 0.6 is 22.9 Å². The Kier molecular flexibility index (Phi) is 9.48. The molecule has 0 radical (unpaired) electrons. The van der Waals surface area contributed by atoms with Gasteiger partial charge >= 0.3 is 12.1 Å². The Morgan fingerprint density at radius 2 is 1.77 bits per heavy atom. The summed E-state index contributed by atoms with van der Waals surface area (Å²) in [5.74, 6) is -0.616. The summed E-state index contributed by atoms with van der Waals surface area (Å²) in [5, 5.41) is 9.81. The van der Waals surface area contributed by atoms with E-state index in [1.165, 1.54) is 35.6 Å². The summed E-state index contributed by atoms with van der Waals surface area (Å²) in [4.78, 5) is 16.4. The van der Waals surface area contributed by atoms with Crippen molar-refractivity contribution >= 4 is 28.9 Å². The van der Waals surface area contributed by atoms with E-state index in [0.717, 1.165) is 28.1 Å². The highest BCUT2D eigenvalue weighted by atomic mass is 35.5. The van der Waals surface area contributed by atoms with Gasteiger partial charge < -0.3 is 9.84 Å². The van der Waals surface area contributed by atoms with Crippen LogP contribution < -0.4 is 4.74 Å². The van der Waals surface area contributed by atoms with Gasteiger partial charge in [-0.25, -0.2) is 9.37 Å². The molecule has 10 heteroatoms. The molecular weight excluding hydrogens is 566 g/mol. The second-order valence-corrected chi connectivity index (χ2v) is 10.7. The number of hydrogen-bond acceptors (Lipinski definition) is 4. The van der Waals surface area contributed by atoms with Crippen LogP contribution in [0, 0.1) is 12.7 Å². The first kappa shape index (κ1) is 29.6. The zero-order valence-electron chi connectivity index (χ0n) is 21.5. The second kappa shape index (κ2) is 12.8. The lowest BCUT2D eigenvalue weighted by molar-refractivity contribution is -0.138. The molecular formula is C30H26ClF4NO3S. The molecule has 0 atom stereocenters. The monoisotopic (exact) mass is 591 g/mol. The first-order valence-electron chi connectivity index (χ1n) is 12.5. The fourth-order valence-electron chi connectivity index (χ4n) is 4.26. The zero-order valence-corrected chi connectivity index (χ0v) is 23.1. The first-order chi connectivity index (χ1) is 19.0. The van der Waals surface area contributed by atoms with Crippen molar-refractivity contribution in [1.82, 2.24) is 4.98 Å². The van der Waals surface area contributed by atoms with Gasteiger partial charge in [0.2, 0.25) is 0 Å². The molecule has 4 rings (SSSR count). The molecule has 1 N–H and O–H groups in total. The lowest BCUT2D eigenvalue weighted by Gasteiger charge is -2.10. The summed E-state index contributed by atoms with van der Waals surface area (Å²) < 4.78 is 59.4. The van der Waals surface area contributed by atoms with E-state index in [4.69, 9.17) is 26.4 Å². The number of aromatic nitrogens is 1. The molecule has 0 spiro atoms. The van der Waals surface area contributed by atoms with Crippen molar-refractivity contribution in [1.29, 1.82) is 0 Å². The van der Waals surface area contributed by atoms with E-state index in [0.29, 0.717) is 64.9 Å². The summed E-state index contributed by atoms with van der Waals surface area (Å²) in [5.41, 5.74) is 2.79. The van der Waals surface area contributed by atoms with Crippen molar-refractivity contribution in [2.75, 3.05) is 6.61 Å². The van der Waals surface area contributed by atoms with Crippen LogP contribution in [0.15, 0.2) is 60.7 Å². The number of benzene rings is 3. The third-order valence-corrected chi connectivity index (χ3v) is 7.99. The average Bonchev–Trinajstić information content (AvgIpc) is 3.30. The van der Waals surface area contributed by atoms with Gasteiger partial charge in [0.05, 0.1) is 17.9 Å². The Morgan fingerprint density at radius 3 is 2.42 bits per heavy atom. The molecule has 40 heavy (non-hydrogen) atoms. The zero-order chi connectivity index (χ0) is 28.9. The fourth-order valence-corrected chi connectivity index (χ4v) is 5.61. The number of nitrogens with zero attached hydrogens (tertiary/aromatic N) is 1. The Balaban J connectivity index is 1.51. The number of ether oxygens (including phenoxy) is 1. The van der Waals surface area contributed by atoms with Crippen LogP contribution in [0.5, 0.6) is 5.75 Å². The van der Waals surface area contributed by atoms with Gasteiger partial charge in [0.1, 0.15) is 16.6 Å². The van der Waals surface area contributed by atoms with Crippen molar-refractivity contribution in [3.05, 3.63) is 104 Å². The van der Waals surface area contributed by atoms with Crippen LogP contribution in [0.3, 0.4) is 0 Å². The Labute approximate surface area is 238 Å². The number of thiazole rings is 1. The summed E-state index contributed by atoms with van der Waals surface area (Å²) in [6, 6.07) is 14.9. The molecule has 4 nitrogen and oxygen atoms in total. The second-order valence-electron chi connectivity index (χ2n) is 9.24. The van der Waals surface area contributed by atoms with Gasteiger partial charge in [0.25, 0.3) is 0 Å². The standard InChI is InChI=1S/C30H26ClF4NO3S/c1-18-17-22(11-7-19(18)8-14-28(37)38)39-16-15-27-26(13-12-23-24(31)3-2-4-25(23)32)36-29(40-27)20-5-9-21(10-6-20)30(33,34)35/h2-7,9-11,17H,8,12-16H2,1H3,(H,37,38). The van der Waals surface area contributed by atoms with Crippen LogP contribution in [0.25, 0.3) is 10.6 Å². The minimum atomic E-state index is -4.43. The van der Waals surface area contributed by atoms with Crippen molar-refractivity contribution in [3.8, 4) is 16.3 Å². The molecule has 1 aromatic heterocycles. The molecule has 0 bridgehead atoms. The predicted octanol–water partition coefficient (Wildman–Crippen LogP) is 8.35. The molecule has 3 aromatic carbocycles. The SMILES string of the molecule is Cc1cc(OCCc2sc(-c3ccc(C(F)(F)F)cc3)nc2CCc2c(F)cccc2Cl)ccc1CCC(=O)O. The molecule has 0 aliphatic carbocycles. The number of aryl methyl sites for hydroxylation is 3. The minimum absolute atomic E-state index is 0.0502. The lowest BCUT2D eigenvalue weighted by atomic mass is 10.0. The highest BCUT2D eigenvalue weighted by Gasteiger charge is 2.30. The van der Waals surface area contributed by atoms with Crippen molar-refractivity contribution in [2.24, 2.45) is 0 Å². The van der Waals surface area contributed by atoms with E-state index in [2.05, 4.69) is 0 Å². The molecule has 0 saturated heterocycles. The topological polar surface area (TPSA) is 59.4 Å². The third-order valence-electron chi connectivity index (χ3n) is 6.43. The van der Waals surface area contributed by atoms with Gasteiger partial charge in [-0.3, -0.25) is 4.79 Å². The number of alkyl halides is 3. The van der Waals surface area contributed by atoms with Gasteiger partial charge in [-0.05, 0) is 73.7 Å². The average molecular weight is 592 g/mol. The van der Waals surface area contributed by atoms with Crippen molar-refractivity contribution in [2.45, 2.75) is 45.2 Å². The minimum Gasteiger partial charge on any atom is -0.493 e. The van der Waals surface area contributed by atoms with Gasteiger partial charge in [0.15, 0.2) is 0 Å². The first-order valence-corrected chi connectivity index (χ1v) is 13.7. The summed E-state index contributed by atoms with van der Waals surface area (Å²) in [7, 11) is 0. The molecule has 0 unspecified atom stereocenters. The smallest absolute Gasteiger partial charge is 0.416 e. The van der Waals surface area contributed by atoms with Gasteiger partial charge in [-0.15, -0.1) is 11.3 Å². The lowest BCUT2D eigenvalue weighted by Crippen LogP contribution is -2.05. The highest BCUT2D eigenvalue weighted by Crippen LogP contribution is 2.34. The quantitative estimate of drug-likeness (QED) is 0.178. The van der Waals surface area contributed by atoms with E-state index in [9.17, 15) is 22.4 Å². The Morgan fingerprint density at radius 1 is 1.02 bits per heavy atom. The van der Waals surface area contributed by atoms with E-state index in [1.807, 2.05) is 19.1 Å². The number of halogens is 5. The number of carboxylic acid groups (broad SMARTS) is 1. The maximum Gasteiger partial charge on any atom is 0.416 e. The van der Waals surface area contributed by atoms with E-state index in [1.54, 1.807) is 12.1 Å². The molecule has 0 aliphatic rings. The normalized spacial score (nSPS) is 11.6. The summed E-state index contributed by atoms with van der Waals surface area (Å²) in [6.07, 6.45) is -2.75. The molecule has 1 heterocycles. The van der Waals surface area contributed by atoms with Crippen LogP contribution in [-0.4, -0.2) is 22.7 Å². The third kappa shape index (κ3) is 7.61. The van der Waals surface area contributed by atoms with Gasteiger partial charge in [-0.2, -0.15) is 13.2 Å². The summed E-state index contributed by atoms with van der Waals surface area (Å²) >= 11 is 7.56. The Hall–Kier alpha value is -3.43. The molecule has 210 valence electrons. The summed E-state index contributed by atoms with van der Waals surface area (Å²) in [6.45, 7) is 2.21. The number of rotatable bonds is 11. The van der Waals surface area contributed by atoms with Gasteiger partial charge in [0, 0.05) is 33.9 Å². The van der Waals surface area contributed by atoms with E-state index >= 15 is 0 Å². The maximum absolute atomic E-state index is 14.4. The maximum atomic E-state index is 14.4.